The first kappa shape index (κ1) is 29.9. The predicted octanol–water partition coefficient (Wildman–Crippen LogP) is 4.59. The molecule has 2 unspecified atom stereocenters. The molecule has 36 heavy (non-hydrogen) atoms. The van der Waals surface area contributed by atoms with Crippen LogP contribution in [0.4, 0.5) is 0 Å². The lowest BCUT2D eigenvalue weighted by Gasteiger charge is -2.32. The topological polar surface area (TPSA) is 140 Å². The molecule has 0 aliphatic heterocycles. The summed E-state index contributed by atoms with van der Waals surface area (Å²) >= 11 is 0. The maximum atomic E-state index is 13.0. The van der Waals surface area contributed by atoms with Crippen molar-refractivity contribution in [3.63, 3.8) is 0 Å². The lowest BCUT2D eigenvalue weighted by Crippen LogP contribution is -2.34. The first-order chi connectivity index (χ1) is 16.8. The van der Waals surface area contributed by atoms with E-state index in [1.807, 2.05) is 41.5 Å². The van der Waals surface area contributed by atoms with Gasteiger partial charge in [-0.2, -0.15) is 0 Å². The molecule has 2 fully saturated rings. The normalized spacial score (nSPS) is 26.8. The van der Waals surface area contributed by atoms with E-state index in [2.05, 4.69) is 9.98 Å². The van der Waals surface area contributed by atoms with Gasteiger partial charge >= 0.3 is 0 Å². The minimum atomic E-state index is -0.361. The van der Waals surface area contributed by atoms with Crippen LogP contribution in [0.2, 0.25) is 0 Å². The molecular weight excluding hydrogens is 460 g/mol. The highest BCUT2D eigenvalue weighted by Gasteiger charge is 2.38. The van der Waals surface area contributed by atoms with Gasteiger partial charge in [-0.15, -0.1) is 0 Å². The van der Waals surface area contributed by atoms with Gasteiger partial charge in [0.05, 0.1) is 36.4 Å². The molecule has 0 radical (unpaired) electrons. The zero-order valence-corrected chi connectivity index (χ0v) is 22.7. The molecule has 0 aromatic rings. The Balaban J connectivity index is 2.43. The van der Waals surface area contributed by atoms with Crippen molar-refractivity contribution in [1.29, 1.82) is 0 Å². The SMILES string of the molecule is CCC(CO)N=C1CC(C)(C)CC(=O)C1=C(O)CCC(O)=C1C(=O)CC(C)(C)CC1=NC(CC)CO. The number of aliphatic imine (C=N–C) groups is 2. The summed E-state index contributed by atoms with van der Waals surface area (Å²) in [7, 11) is 0. The molecule has 0 aromatic heterocycles. The van der Waals surface area contributed by atoms with Crippen molar-refractivity contribution < 1.29 is 30.0 Å². The largest absolute Gasteiger partial charge is 0.511 e. The molecule has 0 bridgehead atoms. The Labute approximate surface area is 214 Å². The second-order valence-electron chi connectivity index (χ2n) is 11.7. The molecule has 0 saturated heterocycles. The van der Waals surface area contributed by atoms with E-state index in [9.17, 15) is 30.0 Å². The van der Waals surface area contributed by atoms with Crippen molar-refractivity contribution >= 4 is 23.0 Å². The number of aliphatic hydroxyl groups is 4. The number of rotatable bonds is 9. The lowest BCUT2D eigenvalue weighted by atomic mass is 9.72. The smallest absolute Gasteiger partial charge is 0.168 e. The van der Waals surface area contributed by atoms with Crippen molar-refractivity contribution in [2.45, 2.75) is 105 Å². The fraction of sp³-hybridized carbons (Fsp3) is 0.714. The van der Waals surface area contributed by atoms with E-state index in [1.165, 1.54) is 0 Å². The number of ketones is 2. The third-order valence-electron chi connectivity index (χ3n) is 6.92. The van der Waals surface area contributed by atoms with Gasteiger partial charge in [0.25, 0.3) is 0 Å². The van der Waals surface area contributed by atoms with Crippen molar-refractivity contribution in [1.82, 2.24) is 0 Å². The van der Waals surface area contributed by atoms with E-state index < -0.39 is 0 Å². The van der Waals surface area contributed by atoms with Crippen LogP contribution in [0.5, 0.6) is 0 Å². The quantitative estimate of drug-likeness (QED) is 0.267. The Hall–Kier alpha value is -2.32. The molecule has 2 aliphatic rings. The van der Waals surface area contributed by atoms with Crippen LogP contribution >= 0.6 is 0 Å². The first-order valence-electron chi connectivity index (χ1n) is 13.0. The molecule has 2 aliphatic carbocycles. The van der Waals surface area contributed by atoms with E-state index in [-0.39, 0.29) is 96.0 Å². The summed E-state index contributed by atoms with van der Waals surface area (Å²) in [5.74, 6) is -0.765. The van der Waals surface area contributed by atoms with Crippen molar-refractivity contribution in [2.75, 3.05) is 13.2 Å². The van der Waals surface area contributed by atoms with Crippen LogP contribution < -0.4 is 0 Å². The molecule has 202 valence electrons. The van der Waals surface area contributed by atoms with Gasteiger partial charge in [0, 0.05) is 37.1 Å². The van der Waals surface area contributed by atoms with Crippen molar-refractivity contribution in [2.24, 2.45) is 20.8 Å². The fourth-order valence-corrected chi connectivity index (χ4v) is 4.90. The fourth-order valence-electron chi connectivity index (χ4n) is 4.90. The third kappa shape index (κ3) is 7.59. The average Bonchev–Trinajstić information content (AvgIpc) is 2.77. The van der Waals surface area contributed by atoms with Crippen LogP contribution in [0.3, 0.4) is 0 Å². The molecule has 2 rings (SSSR count). The number of Topliss-reactive ketones (excluding diaryl/α,β-unsaturated/α-hetero) is 2. The molecule has 2 saturated carbocycles. The van der Waals surface area contributed by atoms with Gasteiger partial charge < -0.3 is 20.4 Å². The highest BCUT2D eigenvalue weighted by molar-refractivity contribution is 6.25. The monoisotopic (exact) mass is 504 g/mol. The molecule has 8 heteroatoms. The van der Waals surface area contributed by atoms with Gasteiger partial charge in [0.2, 0.25) is 0 Å². The highest BCUT2D eigenvalue weighted by atomic mass is 16.3. The van der Waals surface area contributed by atoms with Crippen LogP contribution in [0.15, 0.2) is 32.6 Å². The van der Waals surface area contributed by atoms with E-state index in [4.69, 9.17) is 0 Å². The molecule has 0 heterocycles. The summed E-state index contributed by atoms with van der Waals surface area (Å²) in [6, 6.07) is -0.722. The third-order valence-corrected chi connectivity index (χ3v) is 6.92. The Bertz CT molecular complexity index is 885. The minimum absolute atomic E-state index is 0.0348. The number of hydrogen-bond donors (Lipinski definition) is 4. The van der Waals surface area contributed by atoms with Crippen molar-refractivity contribution in [3.05, 3.63) is 22.7 Å². The molecule has 2 atom stereocenters. The lowest BCUT2D eigenvalue weighted by molar-refractivity contribution is -0.118. The summed E-state index contributed by atoms with van der Waals surface area (Å²) in [5.41, 5.74) is 0.659. The average molecular weight is 505 g/mol. The van der Waals surface area contributed by atoms with Crippen molar-refractivity contribution in [3.8, 4) is 0 Å². The number of carbonyl (C=O) groups is 2. The molecular formula is C28H44N2O6. The van der Waals surface area contributed by atoms with Gasteiger partial charge in [-0.05, 0) is 36.5 Å². The Morgan fingerprint density at radius 2 is 1.06 bits per heavy atom. The van der Waals surface area contributed by atoms with Gasteiger partial charge in [0.1, 0.15) is 11.5 Å². The highest BCUT2D eigenvalue weighted by Crippen LogP contribution is 2.38. The zero-order valence-electron chi connectivity index (χ0n) is 22.7. The molecule has 0 spiro atoms. The van der Waals surface area contributed by atoms with Gasteiger partial charge in [0.15, 0.2) is 11.6 Å². The Morgan fingerprint density at radius 3 is 1.33 bits per heavy atom. The molecule has 0 amide bonds. The van der Waals surface area contributed by atoms with E-state index >= 15 is 0 Å². The van der Waals surface area contributed by atoms with Crippen LogP contribution in [0, 0.1) is 10.8 Å². The first-order valence-corrected chi connectivity index (χ1v) is 13.0. The van der Waals surface area contributed by atoms with E-state index in [1.54, 1.807) is 0 Å². The number of carbonyl (C=O) groups excluding carboxylic acids is 2. The minimum Gasteiger partial charge on any atom is -0.511 e. The Morgan fingerprint density at radius 1 is 0.722 bits per heavy atom. The number of hydrogen-bond acceptors (Lipinski definition) is 8. The van der Waals surface area contributed by atoms with E-state index in [0.29, 0.717) is 37.1 Å². The summed E-state index contributed by atoms with van der Waals surface area (Å²) in [4.78, 5) is 35.2. The second-order valence-corrected chi connectivity index (χ2v) is 11.7. The van der Waals surface area contributed by atoms with Gasteiger partial charge in [-0.3, -0.25) is 19.6 Å². The summed E-state index contributed by atoms with van der Waals surface area (Å²) in [5, 5.41) is 41.1. The van der Waals surface area contributed by atoms with Crippen LogP contribution in [-0.2, 0) is 9.59 Å². The second kappa shape index (κ2) is 12.3. The van der Waals surface area contributed by atoms with Gasteiger partial charge in [-0.25, -0.2) is 0 Å². The Kier molecular flexibility index (Phi) is 10.2. The number of aliphatic hydroxyl groups excluding tert-OH is 4. The maximum Gasteiger partial charge on any atom is 0.168 e. The van der Waals surface area contributed by atoms with Crippen LogP contribution in [-0.4, -0.2) is 68.7 Å². The molecule has 0 aromatic carbocycles. The van der Waals surface area contributed by atoms with Gasteiger partial charge in [-0.1, -0.05) is 41.5 Å². The zero-order chi connectivity index (χ0) is 27.3. The van der Waals surface area contributed by atoms with Crippen LogP contribution in [0.1, 0.15) is 92.9 Å². The summed E-state index contributed by atoms with van der Waals surface area (Å²) in [6.07, 6.45) is 2.64. The summed E-state index contributed by atoms with van der Waals surface area (Å²) in [6.45, 7) is 11.4. The van der Waals surface area contributed by atoms with Crippen LogP contribution in [0.25, 0.3) is 0 Å². The molecule has 8 nitrogen and oxygen atoms in total. The standard InChI is InChI=1S/C28H44N2O6/c1-7-17(15-31)29-19-11-27(3,4)13-23(35)25(19)21(33)9-10-22(34)26-20(30-18(8-2)16-32)12-28(5,6)14-24(26)36/h17-18,31-34H,7-16H2,1-6H3. The summed E-state index contributed by atoms with van der Waals surface area (Å²) < 4.78 is 0. The van der Waals surface area contributed by atoms with E-state index in [0.717, 1.165) is 0 Å². The number of nitrogens with zero attached hydrogens (tertiary/aromatic N) is 2. The maximum absolute atomic E-state index is 13.0. The molecule has 4 N–H and O–H groups in total. The number of allylic oxidation sites excluding steroid dienone is 4. The predicted molar refractivity (Wildman–Crippen MR) is 142 cm³/mol.